The number of benzene rings is 1. The summed E-state index contributed by atoms with van der Waals surface area (Å²) < 4.78 is 24.2. The van der Waals surface area contributed by atoms with Gasteiger partial charge in [0.1, 0.15) is 5.75 Å². The molecule has 0 N–H and O–H groups in total. The third-order valence-electron chi connectivity index (χ3n) is 9.43. The molecule has 0 aliphatic carbocycles. The van der Waals surface area contributed by atoms with Crippen LogP contribution >= 0.6 is 12.2 Å². The van der Waals surface area contributed by atoms with Gasteiger partial charge in [0.2, 0.25) is 5.60 Å². The van der Waals surface area contributed by atoms with Crippen LogP contribution in [0.2, 0.25) is 0 Å². The molecule has 4 fully saturated rings. The third-order valence-corrected chi connectivity index (χ3v) is 9.85. The van der Waals surface area contributed by atoms with Gasteiger partial charge in [0, 0.05) is 32.3 Å². The molecule has 4 saturated heterocycles. The molecule has 0 saturated carbocycles. The first-order valence-corrected chi connectivity index (χ1v) is 12.3. The second-order valence-corrected chi connectivity index (χ2v) is 10.7. The number of hydrogen-bond donors (Lipinski definition) is 0. The molecule has 5 heterocycles. The zero-order valence-corrected chi connectivity index (χ0v) is 21.0. The lowest BCUT2D eigenvalue weighted by molar-refractivity contribution is -0.188. The molecule has 8 nitrogen and oxygen atoms in total. The number of fused-ring (bicyclic) bond motifs is 3. The molecule has 0 radical (unpaired) electrons. The smallest absolute Gasteiger partial charge is 0.344 e. The SMILES string of the molecule is CC[C@@]12CCN3C(=S)CC[C@]45c6ccc(OC)cc6N(C)[C@H]4[C@](C(=O)OC)(O[C@@]315)[C@@H]2OC(C)=O. The predicted octanol–water partition coefficient (Wildman–Crippen LogP) is 2.56. The van der Waals surface area contributed by atoms with Crippen molar-refractivity contribution in [1.29, 1.82) is 0 Å². The molecular weight excluding hydrogens is 456 g/mol. The lowest BCUT2D eigenvalue weighted by atomic mass is 9.48. The van der Waals surface area contributed by atoms with Crippen molar-refractivity contribution in [1.82, 2.24) is 4.90 Å². The highest BCUT2D eigenvalue weighted by Gasteiger charge is 2.95. The van der Waals surface area contributed by atoms with Crippen LogP contribution in [0.15, 0.2) is 18.2 Å². The fourth-order valence-corrected chi connectivity index (χ4v) is 8.89. The summed E-state index contributed by atoms with van der Waals surface area (Å²) in [5.74, 6) is -0.199. The molecule has 0 unspecified atom stereocenters. The topological polar surface area (TPSA) is 77.5 Å². The third kappa shape index (κ3) is 1.95. The maximum atomic E-state index is 13.9. The van der Waals surface area contributed by atoms with Crippen LogP contribution in [0.25, 0.3) is 0 Å². The normalized spacial score (nSPS) is 40.7. The molecule has 0 amide bonds. The highest BCUT2D eigenvalue weighted by Crippen LogP contribution is 2.80. The average molecular weight is 487 g/mol. The number of ether oxygens (including phenoxy) is 4. The van der Waals surface area contributed by atoms with Gasteiger partial charge in [-0.2, -0.15) is 0 Å². The van der Waals surface area contributed by atoms with E-state index in [1.165, 1.54) is 14.0 Å². The van der Waals surface area contributed by atoms with Crippen molar-refractivity contribution in [3.63, 3.8) is 0 Å². The summed E-state index contributed by atoms with van der Waals surface area (Å²) in [4.78, 5) is 31.5. The van der Waals surface area contributed by atoms with Crippen LogP contribution < -0.4 is 9.64 Å². The first kappa shape index (κ1) is 22.1. The van der Waals surface area contributed by atoms with Gasteiger partial charge >= 0.3 is 11.9 Å². The summed E-state index contributed by atoms with van der Waals surface area (Å²) in [6.07, 6.45) is 2.06. The van der Waals surface area contributed by atoms with E-state index in [1.807, 2.05) is 19.2 Å². The molecule has 6 atom stereocenters. The Morgan fingerprint density at radius 1 is 1.26 bits per heavy atom. The van der Waals surface area contributed by atoms with Crippen LogP contribution in [0.5, 0.6) is 5.75 Å². The summed E-state index contributed by atoms with van der Waals surface area (Å²) in [6.45, 7) is 4.19. The van der Waals surface area contributed by atoms with E-state index in [0.717, 1.165) is 34.8 Å². The molecule has 9 heteroatoms. The Hall–Kier alpha value is -2.39. The van der Waals surface area contributed by atoms with E-state index in [0.29, 0.717) is 19.4 Å². The molecular formula is C25H30N2O6S. The van der Waals surface area contributed by atoms with Crippen molar-refractivity contribution < 1.29 is 28.5 Å². The molecule has 2 bridgehead atoms. The highest BCUT2D eigenvalue weighted by molar-refractivity contribution is 7.80. The van der Waals surface area contributed by atoms with Gasteiger partial charge in [0.05, 0.1) is 36.1 Å². The highest BCUT2D eigenvalue weighted by atomic mass is 32.1. The van der Waals surface area contributed by atoms with E-state index in [-0.39, 0.29) is 0 Å². The van der Waals surface area contributed by atoms with Crippen molar-refractivity contribution in [2.45, 2.75) is 68.4 Å². The van der Waals surface area contributed by atoms with Crippen LogP contribution in [0.3, 0.4) is 0 Å². The monoisotopic (exact) mass is 486 g/mol. The van der Waals surface area contributed by atoms with Gasteiger partial charge in [-0.25, -0.2) is 4.79 Å². The lowest BCUT2D eigenvalue weighted by Gasteiger charge is -2.60. The lowest BCUT2D eigenvalue weighted by Crippen LogP contribution is -2.77. The number of rotatable bonds is 4. The number of likely N-dealkylation sites (N-methyl/N-ethyl adjacent to an activating group) is 1. The van der Waals surface area contributed by atoms with Gasteiger partial charge in [-0.3, -0.25) is 4.79 Å². The number of esters is 2. The van der Waals surface area contributed by atoms with E-state index in [4.69, 9.17) is 31.2 Å². The molecule has 1 aromatic carbocycles. The van der Waals surface area contributed by atoms with Crippen LogP contribution in [0.1, 0.15) is 45.1 Å². The first-order chi connectivity index (χ1) is 16.2. The van der Waals surface area contributed by atoms with Crippen molar-refractivity contribution in [2.75, 3.05) is 32.7 Å². The number of carbonyl (C=O) groups excluding carboxylic acids is 2. The molecule has 1 aromatic rings. The number of hydrogen-bond acceptors (Lipinski definition) is 8. The quantitative estimate of drug-likeness (QED) is 0.471. The Bertz CT molecular complexity index is 1140. The van der Waals surface area contributed by atoms with Gasteiger partial charge in [0.15, 0.2) is 11.8 Å². The summed E-state index contributed by atoms with van der Waals surface area (Å²) in [5.41, 5.74) is -1.46. The maximum Gasteiger partial charge on any atom is 0.344 e. The molecule has 34 heavy (non-hydrogen) atoms. The standard InChI is InChI=1S/C25H30N2O6S/c1-6-22-11-12-27-18(34)9-10-23-16-8-7-15(30-4)13-17(16)26(3)19(23)24(21(29)31-5,33-25(22,23)27)20(22)32-14(2)28/h7-8,13,19-20H,6,9-12H2,1-5H3/t19-,20-,22+,23+,24+,25+/m1/s1. The average Bonchev–Trinajstić information content (AvgIpc) is 3.47. The Balaban J connectivity index is 1.73. The maximum absolute atomic E-state index is 13.9. The van der Waals surface area contributed by atoms with Crippen molar-refractivity contribution in [3.8, 4) is 5.75 Å². The molecule has 6 rings (SSSR count). The summed E-state index contributed by atoms with van der Waals surface area (Å²) >= 11 is 5.90. The van der Waals surface area contributed by atoms with Gasteiger partial charge in [-0.15, -0.1) is 0 Å². The van der Waals surface area contributed by atoms with Crippen LogP contribution in [-0.4, -0.2) is 73.1 Å². The summed E-state index contributed by atoms with van der Waals surface area (Å²) in [6, 6.07) is 5.67. The number of thiocarbonyl (C=S) groups is 1. The number of nitrogens with zero attached hydrogens (tertiary/aromatic N) is 2. The minimum absolute atomic E-state index is 0.428. The van der Waals surface area contributed by atoms with Gasteiger partial charge < -0.3 is 28.7 Å². The van der Waals surface area contributed by atoms with E-state index in [9.17, 15) is 9.59 Å². The van der Waals surface area contributed by atoms with E-state index >= 15 is 0 Å². The van der Waals surface area contributed by atoms with Crippen molar-refractivity contribution >= 4 is 34.8 Å². The fraction of sp³-hybridized carbons (Fsp3) is 0.640. The summed E-state index contributed by atoms with van der Waals surface area (Å²) in [7, 11) is 5.00. The minimum atomic E-state index is -1.49. The zero-order chi connectivity index (χ0) is 24.3. The van der Waals surface area contributed by atoms with Gasteiger partial charge in [0.25, 0.3) is 0 Å². The second-order valence-electron chi connectivity index (χ2n) is 10.2. The van der Waals surface area contributed by atoms with Crippen LogP contribution in [0.4, 0.5) is 5.69 Å². The number of carbonyl (C=O) groups is 2. The van der Waals surface area contributed by atoms with E-state index in [2.05, 4.69) is 22.8 Å². The van der Waals surface area contributed by atoms with E-state index in [1.54, 1.807) is 7.11 Å². The molecule has 0 aromatic heterocycles. The van der Waals surface area contributed by atoms with Gasteiger partial charge in [-0.1, -0.05) is 25.2 Å². The Labute approximate surface area is 204 Å². The number of methoxy groups -OCH3 is 2. The second kappa shape index (κ2) is 6.63. The van der Waals surface area contributed by atoms with Crippen molar-refractivity contribution in [2.24, 2.45) is 5.41 Å². The predicted molar refractivity (Wildman–Crippen MR) is 127 cm³/mol. The summed E-state index contributed by atoms with van der Waals surface area (Å²) in [5, 5.41) is 0. The molecule has 2 spiro atoms. The first-order valence-electron chi connectivity index (χ1n) is 11.9. The van der Waals surface area contributed by atoms with Crippen LogP contribution in [-0.2, 0) is 29.2 Å². The van der Waals surface area contributed by atoms with E-state index < -0.39 is 46.2 Å². The minimum Gasteiger partial charge on any atom is -0.497 e. The molecule has 5 aliphatic rings. The largest absolute Gasteiger partial charge is 0.497 e. The van der Waals surface area contributed by atoms with Crippen LogP contribution in [0, 0.1) is 5.41 Å². The molecule has 182 valence electrons. The Morgan fingerprint density at radius 3 is 2.68 bits per heavy atom. The van der Waals surface area contributed by atoms with Gasteiger partial charge in [-0.05, 0) is 37.3 Å². The molecule has 5 aliphatic heterocycles. The number of piperidine rings is 1. The Morgan fingerprint density at radius 2 is 2.03 bits per heavy atom. The Kier molecular flexibility index (Phi) is 4.31. The number of anilines is 1. The fourth-order valence-electron chi connectivity index (χ4n) is 8.57. The van der Waals surface area contributed by atoms with Crippen molar-refractivity contribution in [3.05, 3.63) is 23.8 Å². The zero-order valence-electron chi connectivity index (χ0n) is 20.2.